The minimum absolute atomic E-state index is 0.00954. The zero-order valence-corrected chi connectivity index (χ0v) is 26.5. The number of fused-ring (bicyclic) bond motifs is 4. The molecule has 2 aromatic rings. The van der Waals surface area contributed by atoms with Crippen molar-refractivity contribution in [3.05, 3.63) is 77.5 Å². The Kier molecular flexibility index (Phi) is 10.9. The van der Waals surface area contributed by atoms with Crippen LogP contribution in [0.25, 0.3) is 0 Å². The van der Waals surface area contributed by atoms with Gasteiger partial charge in [-0.2, -0.15) is 0 Å². The summed E-state index contributed by atoms with van der Waals surface area (Å²) in [5.74, 6) is 0.285. The van der Waals surface area contributed by atoms with Gasteiger partial charge in [-0.05, 0) is 80.2 Å². The maximum atomic E-state index is 13.8. The summed E-state index contributed by atoms with van der Waals surface area (Å²) in [6.07, 6.45) is 4.63. The maximum absolute atomic E-state index is 13.8. The molecule has 2 fully saturated rings. The summed E-state index contributed by atoms with van der Waals surface area (Å²) in [6, 6.07) is 15.4. The van der Waals surface area contributed by atoms with Gasteiger partial charge in [-0.3, -0.25) is 14.4 Å². The van der Waals surface area contributed by atoms with E-state index in [-0.39, 0.29) is 37.0 Å². The van der Waals surface area contributed by atoms with Crippen LogP contribution in [0.2, 0.25) is 0 Å². The van der Waals surface area contributed by atoms with E-state index in [4.69, 9.17) is 15.2 Å². The highest BCUT2D eigenvalue weighted by Gasteiger charge is 2.40. The number of nitrogens with zero attached hydrogens (tertiary/aromatic N) is 1. The van der Waals surface area contributed by atoms with Crippen molar-refractivity contribution in [2.75, 3.05) is 32.9 Å². The van der Waals surface area contributed by atoms with E-state index < -0.39 is 17.5 Å². The number of carbonyl (C=O) groups excluding carboxylic acids is 3. The lowest BCUT2D eigenvalue weighted by atomic mass is 9.84. The number of ketones is 1. The molecule has 0 radical (unpaired) electrons. The Morgan fingerprint density at radius 3 is 2.73 bits per heavy atom. The van der Waals surface area contributed by atoms with Crippen molar-refractivity contribution in [2.45, 2.75) is 76.4 Å². The molecule has 9 nitrogen and oxygen atoms in total. The van der Waals surface area contributed by atoms with Gasteiger partial charge >= 0.3 is 0 Å². The molecule has 0 aliphatic carbocycles. The molecule has 4 N–H and O–H groups in total. The van der Waals surface area contributed by atoms with Crippen molar-refractivity contribution in [3.8, 4) is 5.75 Å². The number of hydrogen-bond donors (Lipinski definition) is 3. The van der Waals surface area contributed by atoms with Crippen LogP contribution in [0.5, 0.6) is 5.75 Å². The number of hydrogen-bond acceptors (Lipinski definition) is 7. The molecule has 4 bridgehead atoms. The summed E-state index contributed by atoms with van der Waals surface area (Å²) in [7, 11) is 0. The molecule has 5 rings (SSSR count). The Morgan fingerprint density at radius 1 is 1.13 bits per heavy atom. The molecule has 242 valence electrons. The monoisotopic (exact) mass is 616 g/mol. The summed E-state index contributed by atoms with van der Waals surface area (Å²) < 4.78 is 11.6. The Bertz CT molecular complexity index is 1360. The topological polar surface area (TPSA) is 123 Å². The molecule has 0 saturated carbocycles. The molecule has 3 aliphatic rings. The Balaban J connectivity index is 1.41. The minimum Gasteiger partial charge on any atom is -0.494 e. The fourth-order valence-corrected chi connectivity index (χ4v) is 6.56. The number of piperidine rings is 1. The van der Waals surface area contributed by atoms with Crippen LogP contribution in [0, 0.1) is 18.8 Å². The van der Waals surface area contributed by atoms with Crippen LogP contribution in [0.15, 0.2) is 60.8 Å². The van der Waals surface area contributed by atoms with Crippen LogP contribution >= 0.6 is 0 Å². The molecule has 2 amide bonds. The molecule has 4 atom stereocenters. The van der Waals surface area contributed by atoms with E-state index in [2.05, 4.69) is 17.2 Å². The van der Waals surface area contributed by atoms with Gasteiger partial charge in [-0.1, -0.05) is 43.0 Å². The van der Waals surface area contributed by atoms with Gasteiger partial charge in [-0.25, -0.2) is 0 Å². The summed E-state index contributed by atoms with van der Waals surface area (Å²) in [5, 5.41) is 6.49. The number of Topliss-reactive ketones (excluding diaryl/α,β-unsaturated/α-hetero) is 1. The summed E-state index contributed by atoms with van der Waals surface area (Å²) in [4.78, 5) is 42.9. The van der Waals surface area contributed by atoms with Crippen molar-refractivity contribution < 1.29 is 23.9 Å². The average Bonchev–Trinajstić information content (AvgIpc) is 3.50. The SMILES string of the molecule is C=C1NC(CCc2ccccc2)C(=O)NCc2cc(ccc2C)OCCC2CCCN(C2)C(=O)C[C@@H]1CC(=O)C1(N)CCOC1. The largest absolute Gasteiger partial charge is 0.494 e. The Hall–Kier alpha value is -3.69. The molecular formula is C36H48N4O5. The Morgan fingerprint density at radius 2 is 1.96 bits per heavy atom. The second-order valence-corrected chi connectivity index (χ2v) is 13.0. The standard InChI is InChI=1S/C36H48N4O5/c1-25-10-12-31-19-30(25)22-38-35(43)32(13-11-27-7-4-3-5-8-27)39-26(2)29(20-33(41)36(37)15-18-44-24-36)21-34(42)40-16-6-9-28(23-40)14-17-45-31/h3-5,7-8,10,12,19,28-29,32,39H,2,6,9,11,13-18,20-24,37H2,1H3,(H,38,43)/t28?,29-,32?,36?/m0/s1. The first-order valence-electron chi connectivity index (χ1n) is 16.4. The van der Waals surface area contributed by atoms with Crippen molar-refractivity contribution in [3.63, 3.8) is 0 Å². The highest BCUT2D eigenvalue weighted by molar-refractivity contribution is 5.90. The van der Waals surface area contributed by atoms with Crippen LogP contribution in [-0.2, 0) is 32.1 Å². The van der Waals surface area contributed by atoms with Gasteiger partial charge in [0.25, 0.3) is 0 Å². The smallest absolute Gasteiger partial charge is 0.242 e. The van der Waals surface area contributed by atoms with E-state index in [1.807, 2.05) is 60.4 Å². The van der Waals surface area contributed by atoms with Crippen LogP contribution in [0.3, 0.4) is 0 Å². The van der Waals surface area contributed by atoms with Gasteiger partial charge in [0.2, 0.25) is 11.8 Å². The predicted octanol–water partition coefficient (Wildman–Crippen LogP) is 3.82. The van der Waals surface area contributed by atoms with Gasteiger partial charge in [0.1, 0.15) is 17.3 Å². The Labute approximate surface area is 266 Å². The second kappa shape index (κ2) is 15.1. The fourth-order valence-electron chi connectivity index (χ4n) is 6.56. The first kappa shape index (κ1) is 32.7. The lowest BCUT2D eigenvalue weighted by molar-refractivity contribution is -0.134. The maximum Gasteiger partial charge on any atom is 0.242 e. The molecule has 9 heteroatoms. The van der Waals surface area contributed by atoms with Crippen molar-refractivity contribution in [1.29, 1.82) is 0 Å². The molecular weight excluding hydrogens is 568 g/mol. The van der Waals surface area contributed by atoms with Crippen LogP contribution < -0.4 is 21.1 Å². The lowest BCUT2D eigenvalue weighted by Crippen LogP contribution is -2.50. The number of nitrogens with one attached hydrogen (secondary N) is 2. The van der Waals surface area contributed by atoms with Crippen molar-refractivity contribution >= 4 is 17.6 Å². The molecule has 0 aromatic heterocycles. The number of rotatable bonds is 6. The van der Waals surface area contributed by atoms with E-state index in [0.717, 1.165) is 41.7 Å². The van der Waals surface area contributed by atoms with Crippen molar-refractivity contribution in [1.82, 2.24) is 15.5 Å². The predicted molar refractivity (Wildman–Crippen MR) is 173 cm³/mol. The number of carbonyl (C=O) groups is 3. The first-order chi connectivity index (χ1) is 21.7. The molecule has 3 aliphatic heterocycles. The summed E-state index contributed by atoms with van der Waals surface area (Å²) in [5.41, 5.74) is 9.07. The zero-order valence-electron chi connectivity index (χ0n) is 26.5. The van der Waals surface area contributed by atoms with Crippen molar-refractivity contribution in [2.24, 2.45) is 17.6 Å². The quantitative estimate of drug-likeness (QED) is 0.451. The van der Waals surface area contributed by atoms with Gasteiger partial charge < -0.3 is 30.7 Å². The number of ether oxygens (including phenoxy) is 2. The van der Waals surface area contributed by atoms with Gasteiger partial charge in [-0.15, -0.1) is 0 Å². The number of amides is 2. The first-order valence-corrected chi connectivity index (χ1v) is 16.4. The van der Waals surface area contributed by atoms with E-state index in [1.54, 1.807) is 0 Å². The van der Waals surface area contributed by atoms with E-state index >= 15 is 0 Å². The normalized spacial score (nSPS) is 26.7. The third-order valence-electron chi connectivity index (χ3n) is 9.63. The molecule has 3 unspecified atom stereocenters. The highest BCUT2D eigenvalue weighted by atomic mass is 16.5. The van der Waals surface area contributed by atoms with Gasteiger partial charge in [0, 0.05) is 50.7 Å². The summed E-state index contributed by atoms with van der Waals surface area (Å²) in [6.45, 7) is 9.22. The van der Waals surface area contributed by atoms with Gasteiger partial charge in [0.05, 0.1) is 13.2 Å². The number of allylic oxidation sites excluding steroid dienone is 1. The zero-order chi connectivity index (χ0) is 31.8. The van der Waals surface area contributed by atoms with E-state index in [9.17, 15) is 14.4 Å². The van der Waals surface area contributed by atoms with Gasteiger partial charge in [0.15, 0.2) is 5.78 Å². The number of benzene rings is 2. The molecule has 3 heterocycles. The third-order valence-corrected chi connectivity index (χ3v) is 9.63. The number of aryl methyl sites for hydroxylation is 2. The second-order valence-electron chi connectivity index (χ2n) is 13.0. The summed E-state index contributed by atoms with van der Waals surface area (Å²) >= 11 is 0. The molecule has 0 spiro atoms. The lowest BCUT2D eigenvalue weighted by Gasteiger charge is -2.34. The number of nitrogens with two attached hydrogens (primary N) is 1. The fraction of sp³-hybridized carbons (Fsp3) is 0.528. The molecule has 2 aromatic carbocycles. The van der Waals surface area contributed by atoms with Crippen LogP contribution in [0.4, 0.5) is 0 Å². The van der Waals surface area contributed by atoms with E-state index in [1.165, 1.54) is 0 Å². The minimum atomic E-state index is -1.07. The molecule has 45 heavy (non-hydrogen) atoms. The van der Waals surface area contributed by atoms with E-state index in [0.29, 0.717) is 63.7 Å². The molecule has 2 saturated heterocycles. The van der Waals surface area contributed by atoms with Crippen LogP contribution in [-0.4, -0.2) is 67.0 Å². The van der Waals surface area contributed by atoms with Crippen LogP contribution in [0.1, 0.15) is 61.6 Å². The average molecular weight is 617 g/mol. The third kappa shape index (κ3) is 8.73. The highest BCUT2D eigenvalue weighted by Crippen LogP contribution is 2.28.